The zero-order valence-electron chi connectivity index (χ0n) is 38.8. The summed E-state index contributed by atoms with van der Waals surface area (Å²) < 4.78 is 0. The van der Waals surface area contributed by atoms with Gasteiger partial charge in [-0.1, -0.05) is 196 Å². The average molecular weight is 883 g/mol. The molecular weight excluding hydrogens is 833 g/mol. The molecule has 0 heterocycles. The molecule has 328 valence electrons. The molecule has 0 N–H and O–H groups in total. The lowest BCUT2D eigenvalue weighted by Gasteiger charge is -2.28. The van der Waals surface area contributed by atoms with Gasteiger partial charge in [0, 0.05) is 39.5 Å². The van der Waals surface area contributed by atoms with Gasteiger partial charge in [-0.15, -0.1) is 0 Å². The van der Waals surface area contributed by atoms with E-state index >= 15 is 0 Å². The van der Waals surface area contributed by atoms with Crippen molar-refractivity contribution in [3.8, 4) is 55.6 Å². The number of hydrogen-bond donors (Lipinski definition) is 0. The van der Waals surface area contributed by atoms with Crippen molar-refractivity contribution in [2.45, 2.75) is 19.3 Å². The predicted octanol–water partition coefficient (Wildman–Crippen LogP) is 18.8. The first-order valence-electron chi connectivity index (χ1n) is 23.9. The van der Waals surface area contributed by atoms with E-state index in [9.17, 15) is 0 Å². The Hall–Kier alpha value is -8.72. The van der Waals surface area contributed by atoms with Crippen LogP contribution in [0.3, 0.4) is 0 Å². The van der Waals surface area contributed by atoms with Gasteiger partial charge < -0.3 is 9.80 Å². The van der Waals surface area contributed by atoms with Crippen LogP contribution in [0, 0.1) is 0 Å². The molecule has 0 spiro atoms. The SMILES string of the molecule is CC1(C)c2ccccc2-c2ccc(N(c3ccc(-c4cc(-c5ccccc5)c(-c5ccc(N(c6ccccc6)c6ccccc6)cc5)cc4-c4ccccc4)cc3)c3ccc4ccccc4c3)cc21. The highest BCUT2D eigenvalue weighted by molar-refractivity contribution is 5.97. The summed E-state index contributed by atoms with van der Waals surface area (Å²) in [4.78, 5) is 4.74. The number of anilines is 6. The third-order valence-electron chi connectivity index (χ3n) is 14.0. The molecule has 0 radical (unpaired) electrons. The smallest absolute Gasteiger partial charge is 0.0468 e. The van der Waals surface area contributed by atoms with Gasteiger partial charge in [-0.3, -0.25) is 0 Å². The zero-order chi connectivity index (χ0) is 46.3. The normalized spacial score (nSPS) is 12.3. The zero-order valence-corrected chi connectivity index (χ0v) is 38.8. The Morgan fingerprint density at radius 2 is 0.594 bits per heavy atom. The van der Waals surface area contributed by atoms with Crippen molar-refractivity contribution >= 4 is 44.9 Å². The standard InChI is InChI=1S/C67H50N2/c1-67(2)65-30-18-17-29-59(65)60-42-41-58(44-66(60)67)69(57-40-31-47-19-15-16-24-52(47)43-57)56-38-34-51(35-39-56)64-46-61(48-20-7-3-8-21-48)63(45-62(64)49-22-9-4-10-23-49)50-32-36-55(37-33-50)68(53-25-11-5-12-26-53)54-27-13-6-14-28-54/h3-46H,1-2H3. The Kier molecular flexibility index (Phi) is 10.6. The molecule has 1 aliphatic carbocycles. The highest BCUT2D eigenvalue weighted by Gasteiger charge is 2.35. The molecule has 0 aromatic heterocycles. The van der Waals surface area contributed by atoms with Gasteiger partial charge in [0.2, 0.25) is 0 Å². The first kappa shape index (κ1) is 41.7. The van der Waals surface area contributed by atoms with E-state index in [1.807, 2.05) is 0 Å². The lowest BCUT2D eigenvalue weighted by molar-refractivity contribution is 0.660. The minimum Gasteiger partial charge on any atom is -0.311 e. The topological polar surface area (TPSA) is 6.48 Å². The van der Waals surface area contributed by atoms with Crippen molar-refractivity contribution < 1.29 is 0 Å². The Bertz CT molecular complexity index is 3560. The summed E-state index contributed by atoms with van der Waals surface area (Å²) in [5, 5.41) is 2.44. The summed E-state index contributed by atoms with van der Waals surface area (Å²) >= 11 is 0. The van der Waals surface area contributed by atoms with E-state index in [0.29, 0.717) is 0 Å². The van der Waals surface area contributed by atoms with Crippen LogP contribution in [0.25, 0.3) is 66.4 Å². The van der Waals surface area contributed by atoms with Gasteiger partial charge in [0.1, 0.15) is 0 Å². The monoisotopic (exact) mass is 882 g/mol. The molecule has 12 rings (SSSR count). The highest BCUT2D eigenvalue weighted by Crippen LogP contribution is 2.51. The van der Waals surface area contributed by atoms with Gasteiger partial charge in [0.25, 0.3) is 0 Å². The number of para-hydroxylation sites is 2. The first-order chi connectivity index (χ1) is 34.0. The van der Waals surface area contributed by atoms with E-state index in [-0.39, 0.29) is 5.41 Å². The van der Waals surface area contributed by atoms with Crippen LogP contribution in [0.15, 0.2) is 267 Å². The molecule has 0 atom stereocenters. The van der Waals surface area contributed by atoms with E-state index in [4.69, 9.17) is 0 Å². The van der Waals surface area contributed by atoms with Crippen molar-refractivity contribution in [3.05, 3.63) is 278 Å². The minimum atomic E-state index is -0.121. The van der Waals surface area contributed by atoms with Crippen LogP contribution in [0.5, 0.6) is 0 Å². The van der Waals surface area contributed by atoms with Gasteiger partial charge in [0.05, 0.1) is 0 Å². The molecule has 0 saturated carbocycles. The molecule has 0 unspecified atom stereocenters. The Balaban J connectivity index is 0.988. The summed E-state index contributed by atoms with van der Waals surface area (Å²) in [6, 6.07) is 97.3. The van der Waals surface area contributed by atoms with Crippen LogP contribution in [0.1, 0.15) is 25.0 Å². The van der Waals surface area contributed by atoms with Crippen LogP contribution in [0.2, 0.25) is 0 Å². The third-order valence-corrected chi connectivity index (χ3v) is 14.0. The molecule has 69 heavy (non-hydrogen) atoms. The molecule has 1 aliphatic rings. The quantitative estimate of drug-likeness (QED) is 0.135. The molecule has 11 aromatic rings. The van der Waals surface area contributed by atoms with E-state index in [1.54, 1.807) is 0 Å². The summed E-state index contributed by atoms with van der Waals surface area (Å²) in [7, 11) is 0. The summed E-state index contributed by atoms with van der Waals surface area (Å²) in [5.74, 6) is 0. The molecule has 11 aromatic carbocycles. The molecular formula is C67H50N2. The first-order valence-corrected chi connectivity index (χ1v) is 23.9. The predicted molar refractivity (Wildman–Crippen MR) is 293 cm³/mol. The number of fused-ring (bicyclic) bond motifs is 4. The van der Waals surface area contributed by atoms with Gasteiger partial charge in [-0.25, -0.2) is 0 Å². The van der Waals surface area contributed by atoms with Crippen molar-refractivity contribution in [2.24, 2.45) is 0 Å². The average Bonchev–Trinajstić information content (AvgIpc) is 3.65. The molecule has 0 amide bonds. The van der Waals surface area contributed by atoms with Crippen molar-refractivity contribution in [1.82, 2.24) is 0 Å². The fraction of sp³-hybridized carbons (Fsp3) is 0.0448. The van der Waals surface area contributed by atoms with E-state index in [1.165, 1.54) is 66.4 Å². The maximum absolute atomic E-state index is 2.42. The van der Waals surface area contributed by atoms with Crippen LogP contribution < -0.4 is 9.80 Å². The van der Waals surface area contributed by atoms with E-state index in [2.05, 4.69) is 291 Å². The second kappa shape index (κ2) is 17.5. The van der Waals surface area contributed by atoms with Crippen LogP contribution in [0.4, 0.5) is 34.1 Å². The summed E-state index contributed by atoms with van der Waals surface area (Å²) in [6.45, 7) is 4.72. The lowest BCUT2D eigenvalue weighted by atomic mass is 9.82. The fourth-order valence-electron chi connectivity index (χ4n) is 10.6. The van der Waals surface area contributed by atoms with Crippen LogP contribution >= 0.6 is 0 Å². The molecule has 0 bridgehead atoms. The third kappa shape index (κ3) is 7.67. The van der Waals surface area contributed by atoms with Crippen LogP contribution in [-0.4, -0.2) is 0 Å². The molecule has 0 fully saturated rings. The highest BCUT2D eigenvalue weighted by atomic mass is 15.1. The van der Waals surface area contributed by atoms with E-state index in [0.717, 1.165) is 45.3 Å². The second-order valence-corrected chi connectivity index (χ2v) is 18.5. The van der Waals surface area contributed by atoms with Gasteiger partial charge in [-0.05, 0) is 162 Å². The van der Waals surface area contributed by atoms with Crippen molar-refractivity contribution in [1.29, 1.82) is 0 Å². The van der Waals surface area contributed by atoms with Crippen LogP contribution in [-0.2, 0) is 5.41 Å². The maximum atomic E-state index is 2.42. The van der Waals surface area contributed by atoms with Gasteiger partial charge in [0.15, 0.2) is 0 Å². The fourth-order valence-corrected chi connectivity index (χ4v) is 10.6. The molecule has 0 aliphatic heterocycles. The number of hydrogen-bond acceptors (Lipinski definition) is 2. The Morgan fingerprint density at radius 3 is 1.13 bits per heavy atom. The van der Waals surface area contributed by atoms with Crippen molar-refractivity contribution in [3.63, 3.8) is 0 Å². The maximum Gasteiger partial charge on any atom is 0.0468 e. The van der Waals surface area contributed by atoms with Gasteiger partial charge in [-0.2, -0.15) is 0 Å². The second-order valence-electron chi connectivity index (χ2n) is 18.5. The number of benzene rings is 11. The molecule has 2 nitrogen and oxygen atoms in total. The minimum absolute atomic E-state index is 0.121. The van der Waals surface area contributed by atoms with Gasteiger partial charge >= 0.3 is 0 Å². The molecule has 0 saturated heterocycles. The van der Waals surface area contributed by atoms with Crippen molar-refractivity contribution in [2.75, 3.05) is 9.80 Å². The number of nitrogens with zero attached hydrogens (tertiary/aromatic N) is 2. The number of rotatable bonds is 10. The Labute approximate surface area is 405 Å². The summed E-state index contributed by atoms with van der Waals surface area (Å²) in [6.07, 6.45) is 0. The van der Waals surface area contributed by atoms with E-state index < -0.39 is 0 Å². The Morgan fingerprint density at radius 1 is 0.232 bits per heavy atom. The lowest BCUT2D eigenvalue weighted by Crippen LogP contribution is -2.16. The molecule has 2 heteroatoms. The largest absolute Gasteiger partial charge is 0.311 e. The summed E-state index contributed by atoms with van der Waals surface area (Å²) in [5.41, 5.74) is 21.3.